The van der Waals surface area contributed by atoms with Crippen molar-refractivity contribution in [3.8, 4) is 0 Å². The van der Waals surface area contributed by atoms with E-state index < -0.39 is 12.6 Å². The lowest BCUT2D eigenvalue weighted by atomic mass is 10.3. The van der Waals surface area contributed by atoms with Crippen LogP contribution in [0.15, 0.2) is 12.4 Å². The van der Waals surface area contributed by atoms with Gasteiger partial charge >= 0.3 is 6.18 Å². The first-order valence-electron chi connectivity index (χ1n) is 4.24. The molecule has 1 rings (SSSR count). The monoisotopic (exact) mass is 207 g/mol. The SMILES string of the molecule is CNCc1cnn(CCC(F)(F)F)c1. The van der Waals surface area contributed by atoms with Gasteiger partial charge in [-0.15, -0.1) is 0 Å². The van der Waals surface area contributed by atoms with E-state index in [2.05, 4.69) is 10.4 Å². The summed E-state index contributed by atoms with van der Waals surface area (Å²) in [5, 5.41) is 6.71. The first-order chi connectivity index (χ1) is 6.51. The van der Waals surface area contributed by atoms with E-state index >= 15 is 0 Å². The molecule has 0 amide bonds. The van der Waals surface area contributed by atoms with Crippen molar-refractivity contribution in [3.63, 3.8) is 0 Å². The molecule has 0 radical (unpaired) electrons. The van der Waals surface area contributed by atoms with Crippen LogP contribution in [0.25, 0.3) is 0 Å². The maximum atomic E-state index is 11.8. The fraction of sp³-hybridized carbons (Fsp3) is 0.625. The maximum Gasteiger partial charge on any atom is 0.390 e. The van der Waals surface area contributed by atoms with Crippen LogP contribution in [-0.2, 0) is 13.1 Å². The highest BCUT2D eigenvalue weighted by Crippen LogP contribution is 2.19. The van der Waals surface area contributed by atoms with Crippen LogP contribution < -0.4 is 5.32 Å². The van der Waals surface area contributed by atoms with Crippen LogP contribution in [0.4, 0.5) is 13.2 Å². The minimum absolute atomic E-state index is 0.118. The zero-order valence-electron chi connectivity index (χ0n) is 7.80. The lowest BCUT2D eigenvalue weighted by molar-refractivity contribution is -0.137. The van der Waals surface area contributed by atoms with E-state index in [-0.39, 0.29) is 6.54 Å². The Morgan fingerprint density at radius 3 is 2.79 bits per heavy atom. The number of aryl methyl sites for hydroxylation is 1. The molecule has 0 fully saturated rings. The van der Waals surface area contributed by atoms with Gasteiger partial charge in [0.15, 0.2) is 0 Å². The second-order valence-corrected chi connectivity index (χ2v) is 3.01. The van der Waals surface area contributed by atoms with Crippen LogP contribution in [0.5, 0.6) is 0 Å². The van der Waals surface area contributed by atoms with Gasteiger partial charge in [-0.1, -0.05) is 0 Å². The Kier molecular flexibility index (Phi) is 3.51. The highest BCUT2D eigenvalue weighted by molar-refractivity contribution is 5.02. The van der Waals surface area contributed by atoms with Gasteiger partial charge in [-0.25, -0.2) is 0 Å². The Morgan fingerprint density at radius 2 is 2.21 bits per heavy atom. The van der Waals surface area contributed by atoms with Gasteiger partial charge in [0.1, 0.15) is 0 Å². The summed E-state index contributed by atoms with van der Waals surface area (Å²) in [5.74, 6) is 0. The van der Waals surface area contributed by atoms with Gasteiger partial charge in [-0.05, 0) is 7.05 Å². The predicted octanol–water partition coefficient (Wildman–Crippen LogP) is 1.55. The summed E-state index contributed by atoms with van der Waals surface area (Å²) in [6.45, 7) is 0.499. The van der Waals surface area contributed by atoms with Gasteiger partial charge in [0.05, 0.1) is 12.6 Å². The van der Waals surface area contributed by atoms with Gasteiger partial charge in [-0.2, -0.15) is 18.3 Å². The lowest BCUT2D eigenvalue weighted by Gasteiger charge is -2.05. The zero-order chi connectivity index (χ0) is 10.6. The summed E-state index contributed by atoms with van der Waals surface area (Å²) < 4.78 is 36.8. The van der Waals surface area contributed by atoms with Crippen molar-refractivity contribution in [3.05, 3.63) is 18.0 Å². The van der Waals surface area contributed by atoms with Crippen LogP contribution in [-0.4, -0.2) is 23.0 Å². The van der Waals surface area contributed by atoms with E-state index in [1.54, 1.807) is 19.4 Å². The van der Waals surface area contributed by atoms with E-state index in [0.29, 0.717) is 6.54 Å². The normalized spacial score (nSPS) is 12.0. The van der Waals surface area contributed by atoms with Crippen molar-refractivity contribution < 1.29 is 13.2 Å². The van der Waals surface area contributed by atoms with E-state index in [1.807, 2.05) is 0 Å². The molecule has 0 saturated carbocycles. The third-order valence-corrected chi connectivity index (χ3v) is 1.69. The van der Waals surface area contributed by atoms with E-state index in [9.17, 15) is 13.2 Å². The topological polar surface area (TPSA) is 29.9 Å². The van der Waals surface area contributed by atoms with Gasteiger partial charge in [0, 0.05) is 24.8 Å². The number of aromatic nitrogens is 2. The fourth-order valence-corrected chi connectivity index (χ4v) is 1.07. The molecule has 0 bridgehead atoms. The first kappa shape index (κ1) is 11.0. The number of hydrogen-bond donors (Lipinski definition) is 1. The van der Waals surface area contributed by atoms with Crippen molar-refractivity contribution >= 4 is 0 Å². The molecule has 0 aromatic carbocycles. The largest absolute Gasteiger partial charge is 0.390 e. The summed E-state index contributed by atoms with van der Waals surface area (Å²) in [5.41, 5.74) is 0.884. The minimum Gasteiger partial charge on any atom is -0.316 e. The third-order valence-electron chi connectivity index (χ3n) is 1.69. The molecule has 0 spiro atoms. The molecule has 1 N–H and O–H groups in total. The molecule has 0 saturated heterocycles. The van der Waals surface area contributed by atoms with Gasteiger partial charge in [0.2, 0.25) is 0 Å². The van der Waals surface area contributed by atoms with Crippen molar-refractivity contribution in [2.45, 2.75) is 25.7 Å². The second-order valence-electron chi connectivity index (χ2n) is 3.01. The molecule has 0 aliphatic rings. The van der Waals surface area contributed by atoms with Gasteiger partial charge in [-0.3, -0.25) is 4.68 Å². The van der Waals surface area contributed by atoms with Gasteiger partial charge in [0.25, 0.3) is 0 Å². The van der Waals surface area contributed by atoms with Crippen molar-refractivity contribution in [1.82, 2.24) is 15.1 Å². The van der Waals surface area contributed by atoms with Crippen molar-refractivity contribution in [2.24, 2.45) is 0 Å². The molecule has 0 unspecified atom stereocenters. The second kappa shape index (κ2) is 4.45. The Balaban J connectivity index is 2.44. The highest BCUT2D eigenvalue weighted by atomic mass is 19.4. The van der Waals surface area contributed by atoms with E-state index in [1.165, 1.54) is 4.68 Å². The molecular formula is C8H12F3N3. The zero-order valence-corrected chi connectivity index (χ0v) is 7.80. The predicted molar refractivity (Wildman–Crippen MR) is 45.7 cm³/mol. The summed E-state index contributed by atoms with van der Waals surface area (Å²) in [4.78, 5) is 0. The molecule has 80 valence electrons. The molecule has 14 heavy (non-hydrogen) atoms. The van der Waals surface area contributed by atoms with E-state index in [4.69, 9.17) is 0 Å². The van der Waals surface area contributed by atoms with Crippen LogP contribution in [0, 0.1) is 0 Å². The van der Waals surface area contributed by atoms with Crippen LogP contribution in [0.3, 0.4) is 0 Å². The van der Waals surface area contributed by atoms with Crippen LogP contribution in [0.1, 0.15) is 12.0 Å². The van der Waals surface area contributed by atoms with E-state index in [0.717, 1.165) is 5.56 Å². The third kappa shape index (κ3) is 3.78. The summed E-state index contributed by atoms with van der Waals surface area (Å²) >= 11 is 0. The summed E-state index contributed by atoms with van der Waals surface area (Å²) in [7, 11) is 1.77. The number of nitrogens with one attached hydrogen (secondary N) is 1. The van der Waals surface area contributed by atoms with Crippen LogP contribution >= 0.6 is 0 Å². The molecule has 1 aromatic heterocycles. The van der Waals surface area contributed by atoms with Crippen molar-refractivity contribution in [1.29, 1.82) is 0 Å². The Hall–Kier alpha value is -1.04. The molecule has 6 heteroatoms. The molecule has 1 aromatic rings. The smallest absolute Gasteiger partial charge is 0.316 e. The molecular weight excluding hydrogens is 195 g/mol. The number of alkyl halides is 3. The summed E-state index contributed by atoms with van der Waals surface area (Å²) in [6, 6.07) is 0. The average Bonchev–Trinajstić information content (AvgIpc) is 2.49. The van der Waals surface area contributed by atoms with Crippen molar-refractivity contribution in [2.75, 3.05) is 7.05 Å². The average molecular weight is 207 g/mol. The number of nitrogens with zero attached hydrogens (tertiary/aromatic N) is 2. The Labute approximate surface area is 79.9 Å². The molecule has 1 heterocycles. The highest BCUT2D eigenvalue weighted by Gasteiger charge is 2.26. The number of hydrogen-bond acceptors (Lipinski definition) is 2. The Morgan fingerprint density at radius 1 is 1.50 bits per heavy atom. The molecule has 0 aliphatic heterocycles. The number of rotatable bonds is 4. The first-order valence-corrected chi connectivity index (χ1v) is 4.24. The lowest BCUT2D eigenvalue weighted by Crippen LogP contribution is -2.12. The summed E-state index contributed by atoms with van der Waals surface area (Å²) in [6.07, 6.45) is -1.78. The van der Waals surface area contributed by atoms with Crippen LogP contribution in [0.2, 0.25) is 0 Å². The molecule has 0 atom stereocenters. The molecule has 3 nitrogen and oxygen atoms in total. The fourth-order valence-electron chi connectivity index (χ4n) is 1.07. The Bertz CT molecular complexity index is 280. The maximum absolute atomic E-state index is 11.8. The number of halogens is 3. The minimum atomic E-state index is -4.12. The quantitative estimate of drug-likeness (QED) is 0.811. The molecule has 0 aliphatic carbocycles. The van der Waals surface area contributed by atoms with Gasteiger partial charge < -0.3 is 5.32 Å². The standard InChI is InChI=1S/C8H12F3N3/c1-12-4-7-5-13-14(6-7)3-2-8(9,10)11/h5-6,12H,2-4H2,1H3.